The highest BCUT2D eigenvalue weighted by Gasteiger charge is 2.31. The van der Waals surface area contributed by atoms with Crippen LogP contribution in [-0.4, -0.2) is 30.4 Å². The van der Waals surface area contributed by atoms with Gasteiger partial charge in [0.2, 0.25) is 0 Å². The van der Waals surface area contributed by atoms with Gasteiger partial charge in [0.1, 0.15) is 0 Å². The van der Waals surface area contributed by atoms with Crippen molar-refractivity contribution < 1.29 is 18.0 Å². The standard InChI is InChI=1S/C18H19F3N2OS/c19-18(20,21)15-5-3-4-13(10-15)17(24)22-11-16(14-6-9-25-12-14)23-7-1-2-8-23/h3-6,9-10,12,16H,1-2,7-8,11H2,(H,22,24). The van der Waals surface area contributed by atoms with Gasteiger partial charge in [0, 0.05) is 12.1 Å². The topological polar surface area (TPSA) is 32.3 Å². The summed E-state index contributed by atoms with van der Waals surface area (Å²) in [6.07, 6.45) is -2.20. The second-order valence-electron chi connectivity index (χ2n) is 6.10. The van der Waals surface area contributed by atoms with Gasteiger partial charge in [-0.1, -0.05) is 6.07 Å². The Hall–Kier alpha value is -1.86. The minimum atomic E-state index is -4.45. The van der Waals surface area contributed by atoms with Crippen LogP contribution in [0.5, 0.6) is 0 Å². The zero-order valence-electron chi connectivity index (χ0n) is 13.6. The molecule has 7 heteroatoms. The second kappa shape index (κ2) is 7.58. The lowest BCUT2D eigenvalue weighted by Gasteiger charge is -2.27. The van der Waals surface area contributed by atoms with E-state index in [0.29, 0.717) is 6.54 Å². The smallest absolute Gasteiger partial charge is 0.350 e. The van der Waals surface area contributed by atoms with Gasteiger partial charge in [-0.15, -0.1) is 0 Å². The van der Waals surface area contributed by atoms with Gasteiger partial charge in [-0.05, 0) is 66.5 Å². The molecular weight excluding hydrogens is 349 g/mol. The van der Waals surface area contributed by atoms with Crippen LogP contribution >= 0.6 is 11.3 Å². The third-order valence-corrected chi connectivity index (χ3v) is 5.12. The average molecular weight is 368 g/mol. The van der Waals surface area contributed by atoms with E-state index in [1.54, 1.807) is 11.3 Å². The van der Waals surface area contributed by atoms with Crippen LogP contribution in [0.25, 0.3) is 0 Å². The molecule has 2 aromatic rings. The van der Waals surface area contributed by atoms with Gasteiger partial charge in [-0.2, -0.15) is 24.5 Å². The van der Waals surface area contributed by atoms with Gasteiger partial charge < -0.3 is 5.32 Å². The van der Waals surface area contributed by atoms with Gasteiger partial charge in [-0.3, -0.25) is 9.69 Å². The SMILES string of the molecule is O=C(NCC(c1ccsc1)N1CCCC1)c1cccc(C(F)(F)F)c1. The summed E-state index contributed by atoms with van der Waals surface area (Å²) in [5.74, 6) is -0.481. The van der Waals surface area contributed by atoms with Gasteiger partial charge in [0.15, 0.2) is 0 Å². The highest BCUT2D eigenvalue weighted by molar-refractivity contribution is 7.07. The van der Waals surface area contributed by atoms with Crippen LogP contribution in [0.15, 0.2) is 41.1 Å². The molecule has 3 rings (SSSR count). The Morgan fingerprint density at radius 3 is 2.64 bits per heavy atom. The van der Waals surface area contributed by atoms with Crippen molar-refractivity contribution in [3.05, 3.63) is 57.8 Å². The Morgan fingerprint density at radius 1 is 1.24 bits per heavy atom. The monoisotopic (exact) mass is 368 g/mol. The van der Waals surface area contributed by atoms with E-state index >= 15 is 0 Å². The van der Waals surface area contributed by atoms with Crippen LogP contribution in [-0.2, 0) is 6.18 Å². The fourth-order valence-corrected chi connectivity index (χ4v) is 3.81. The van der Waals surface area contributed by atoms with Crippen LogP contribution in [0.4, 0.5) is 13.2 Å². The van der Waals surface area contributed by atoms with Crippen molar-refractivity contribution in [2.24, 2.45) is 0 Å². The first-order chi connectivity index (χ1) is 11.9. The molecule has 0 saturated carbocycles. The summed E-state index contributed by atoms with van der Waals surface area (Å²) in [5.41, 5.74) is 0.352. The average Bonchev–Trinajstić information content (AvgIpc) is 3.28. The molecular formula is C18H19F3N2OS. The van der Waals surface area contributed by atoms with E-state index in [9.17, 15) is 18.0 Å². The molecule has 1 saturated heterocycles. The Bertz CT molecular complexity index is 709. The number of carbonyl (C=O) groups is 1. The minimum absolute atomic E-state index is 0.0281. The molecule has 0 radical (unpaired) electrons. The predicted molar refractivity (Wildman–Crippen MR) is 91.6 cm³/mol. The number of hydrogen-bond acceptors (Lipinski definition) is 3. The summed E-state index contributed by atoms with van der Waals surface area (Å²) in [4.78, 5) is 14.6. The zero-order valence-corrected chi connectivity index (χ0v) is 14.4. The summed E-state index contributed by atoms with van der Waals surface area (Å²) >= 11 is 1.60. The highest BCUT2D eigenvalue weighted by Crippen LogP contribution is 2.30. The summed E-state index contributed by atoms with van der Waals surface area (Å²) in [7, 11) is 0. The van der Waals surface area contributed by atoms with Crippen molar-refractivity contribution in [3.63, 3.8) is 0 Å². The summed E-state index contributed by atoms with van der Waals surface area (Å²) in [5, 5.41) is 6.85. The van der Waals surface area contributed by atoms with E-state index in [2.05, 4.69) is 15.6 Å². The Kier molecular flexibility index (Phi) is 5.44. The fourth-order valence-electron chi connectivity index (χ4n) is 3.10. The minimum Gasteiger partial charge on any atom is -0.350 e. The molecule has 1 aliphatic rings. The molecule has 25 heavy (non-hydrogen) atoms. The number of hydrogen-bond donors (Lipinski definition) is 1. The summed E-state index contributed by atoms with van der Waals surface area (Å²) < 4.78 is 38.4. The largest absolute Gasteiger partial charge is 0.416 e. The number of rotatable bonds is 5. The van der Waals surface area contributed by atoms with E-state index in [1.807, 2.05) is 11.4 Å². The van der Waals surface area contributed by atoms with Gasteiger partial charge in [-0.25, -0.2) is 0 Å². The molecule has 1 aliphatic heterocycles. The second-order valence-corrected chi connectivity index (χ2v) is 6.88. The lowest BCUT2D eigenvalue weighted by Crippen LogP contribution is -2.36. The first-order valence-electron chi connectivity index (χ1n) is 8.17. The molecule has 1 aromatic heterocycles. The summed E-state index contributed by atoms with van der Waals surface area (Å²) in [6, 6.07) is 6.61. The molecule has 2 heterocycles. The number of benzene rings is 1. The molecule has 3 nitrogen and oxygen atoms in total. The number of likely N-dealkylation sites (tertiary alicyclic amines) is 1. The molecule has 134 valence electrons. The van der Waals surface area contributed by atoms with E-state index < -0.39 is 17.6 Å². The fraction of sp³-hybridized carbons (Fsp3) is 0.389. The third kappa shape index (κ3) is 4.41. The number of carbonyl (C=O) groups excluding carboxylic acids is 1. The maximum atomic E-state index is 12.8. The van der Waals surface area contributed by atoms with E-state index in [-0.39, 0.29) is 11.6 Å². The molecule has 1 aromatic carbocycles. The van der Waals surface area contributed by atoms with Crippen molar-refractivity contribution >= 4 is 17.2 Å². The molecule has 1 N–H and O–H groups in total. The Morgan fingerprint density at radius 2 is 2.00 bits per heavy atom. The Balaban J connectivity index is 1.69. The zero-order chi connectivity index (χ0) is 17.9. The van der Waals surface area contributed by atoms with E-state index in [4.69, 9.17) is 0 Å². The van der Waals surface area contributed by atoms with Crippen LogP contribution in [0.1, 0.15) is 40.4 Å². The lowest BCUT2D eigenvalue weighted by atomic mass is 10.1. The van der Waals surface area contributed by atoms with Crippen LogP contribution in [0.3, 0.4) is 0 Å². The first-order valence-corrected chi connectivity index (χ1v) is 9.11. The molecule has 1 amide bonds. The molecule has 0 spiro atoms. The molecule has 1 atom stereocenters. The maximum Gasteiger partial charge on any atom is 0.416 e. The molecule has 1 fully saturated rings. The van der Waals surface area contributed by atoms with Crippen LogP contribution in [0.2, 0.25) is 0 Å². The molecule has 0 aliphatic carbocycles. The number of alkyl halides is 3. The van der Waals surface area contributed by atoms with Crippen molar-refractivity contribution in [2.45, 2.75) is 25.1 Å². The predicted octanol–water partition coefficient (Wildman–Crippen LogP) is 4.33. The van der Waals surface area contributed by atoms with Crippen molar-refractivity contribution in [2.75, 3.05) is 19.6 Å². The van der Waals surface area contributed by atoms with Gasteiger partial charge in [0.05, 0.1) is 11.6 Å². The van der Waals surface area contributed by atoms with E-state index in [1.165, 1.54) is 12.1 Å². The third-order valence-electron chi connectivity index (χ3n) is 4.42. The maximum absolute atomic E-state index is 12.8. The molecule has 1 unspecified atom stereocenters. The van der Waals surface area contributed by atoms with Crippen LogP contribution < -0.4 is 5.32 Å². The highest BCUT2D eigenvalue weighted by atomic mass is 32.1. The summed E-state index contributed by atoms with van der Waals surface area (Å²) in [6.45, 7) is 2.33. The van der Waals surface area contributed by atoms with Crippen molar-refractivity contribution in [1.82, 2.24) is 10.2 Å². The number of halogens is 3. The quantitative estimate of drug-likeness (QED) is 0.852. The lowest BCUT2D eigenvalue weighted by molar-refractivity contribution is -0.137. The van der Waals surface area contributed by atoms with Crippen molar-refractivity contribution in [1.29, 1.82) is 0 Å². The number of nitrogens with one attached hydrogen (secondary N) is 1. The number of amides is 1. The number of thiophene rings is 1. The Labute approximate surface area is 148 Å². The van der Waals surface area contributed by atoms with Gasteiger partial charge in [0.25, 0.3) is 5.91 Å². The number of nitrogens with zero attached hydrogens (tertiary/aromatic N) is 1. The molecule has 0 bridgehead atoms. The van der Waals surface area contributed by atoms with E-state index in [0.717, 1.165) is 43.6 Å². The first kappa shape index (κ1) is 17.9. The van der Waals surface area contributed by atoms with Crippen molar-refractivity contribution in [3.8, 4) is 0 Å². The van der Waals surface area contributed by atoms with Crippen LogP contribution in [0, 0.1) is 0 Å². The normalized spacial score (nSPS) is 16.8. The van der Waals surface area contributed by atoms with Gasteiger partial charge >= 0.3 is 6.18 Å².